The summed E-state index contributed by atoms with van der Waals surface area (Å²) in [4.78, 5) is 0. The molecule has 0 N–H and O–H groups in total. The summed E-state index contributed by atoms with van der Waals surface area (Å²) in [6.45, 7) is 0. The summed E-state index contributed by atoms with van der Waals surface area (Å²) in [6.07, 6.45) is 0. The lowest BCUT2D eigenvalue weighted by Gasteiger charge is -1.65. The van der Waals surface area contributed by atoms with Crippen molar-refractivity contribution in [2.75, 3.05) is 0 Å². The van der Waals surface area contributed by atoms with Crippen molar-refractivity contribution < 1.29 is 4.39 Å². The Kier molecular flexibility index (Phi) is 1.44. The van der Waals surface area contributed by atoms with E-state index in [9.17, 15) is 4.39 Å². The van der Waals surface area contributed by atoms with Crippen LogP contribution in [0.2, 0.25) is 0 Å². The molecule has 1 aromatic heterocycles. The van der Waals surface area contributed by atoms with Gasteiger partial charge in [0.15, 0.2) is 5.13 Å². The molecule has 37 valence electrons. The molecule has 0 amide bonds. The van der Waals surface area contributed by atoms with Crippen molar-refractivity contribution in [3.05, 3.63) is 21.1 Å². The number of halogens is 2. The van der Waals surface area contributed by atoms with E-state index >= 15 is 0 Å². The van der Waals surface area contributed by atoms with E-state index in [-0.39, 0.29) is 5.13 Å². The Hall–Kier alpha value is 0.110. The Morgan fingerprint density at radius 3 is 2.71 bits per heavy atom. The molecule has 1 radical (unpaired) electrons. The average Bonchev–Trinajstić information content (AvgIpc) is 1.87. The van der Waals surface area contributed by atoms with Crippen molar-refractivity contribution in [2.24, 2.45) is 0 Å². The molecule has 0 spiro atoms. The molecule has 0 bridgehead atoms. The minimum atomic E-state index is -0.202. The molecular formula is C4HBrFS. The maximum Gasteiger partial charge on any atom is 0.178 e. The predicted molar refractivity (Wildman–Crippen MR) is 30.8 cm³/mol. The van der Waals surface area contributed by atoms with E-state index < -0.39 is 0 Å². The summed E-state index contributed by atoms with van der Waals surface area (Å²) < 4.78 is 12.6. The first-order valence-corrected chi connectivity index (χ1v) is 3.22. The van der Waals surface area contributed by atoms with Gasteiger partial charge in [-0.15, -0.1) is 0 Å². The summed E-state index contributed by atoms with van der Waals surface area (Å²) >= 11 is 4.09. The van der Waals surface area contributed by atoms with Crippen LogP contribution in [0.3, 0.4) is 0 Å². The molecule has 0 saturated heterocycles. The van der Waals surface area contributed by atoms with E-state index in [1.165, 1.54) is 6.07 Å². The van der Waals surface area contributed by atoms with Crippen molar-refractivity contribution in [1.82, 2.24) is 0 Å². The Balaban J connectivity index is 3.04. The van der Waals surface area contributed by atoms with Crippen LogP contribution in [0.15, 0.2) is 9.85 Å². The molecular weight excluding hydrogens is 179 g/mol. The zero-order valence-electron chi connectivity index (χ0n) is 3.24. The van der Waals surface area contributed by atoms with Crippen molar-refractivity contribution in [3.63, 3.8) is 0 Å². The smallest absolute Gasteiger partial charge is 0.178 e. The standard InChI is InChI=1S/C4HBrFS/c5-3-1-2-4(6)7-3/h2H. The van der Waals surface area contributed by atoms with Gasteiger partial charge in [-0.05, 0) is 22.0 Å². The van der Waals surface area contributed by atoms with Crippen LogP contribution in [0.5, 0.6) is 0 Å². The second kappa shape index (κ2) is 1.92. The fraction of sp³-hybridized carbons (Fsp3) is 0. The molecule has 1 rings (SSSR count). The Morgan fingerprint density at radius 2 is 2.57 bits per heavy atom. The average molecular weight is 180 g/mol. The number of hydrogen-bond donors (Lipinski definition) is 0. The highest BCUT2D eigenvalue weighted by Crippen LogP contribution is 2.18. The van der Waals surface area contributed by atoms with E-state index in [4.69, 9.17) is 0 Å². The molecule has 0 nitrogen and oxygen atoms in total. The summed E-state index contributed by atoms with van der Waals surface area (Å²) in [6, 6.07) is 3.93. The van der Waals surface area contributed by atoms with Crippen molar-refractivity contribution in [2.45, 2.75) is 0 Å². The molecule has 0 fully saturated rings. The van der Waals surface area contributed by atoms with Crippen molar-refractivity contribution in [3.8, 4) is 0 Å². The first-order chi connectivity index (χ1) is 3.29. The fourth-order valence-corrected chi connectivity index (χ4v) is 1.24. The quantitative estimate of drug-likeness (QED) is 0.575. The Morgan fingerprint density at radius 1 is 1.86 bits per heavy atom. The number of thiophene rings is 1. The van der Waals surface area contributed by atoms with E-state index in [1.807, 2.05) is 0 Å². The SMILES string of the molecule is Fc1c[c]c(Br)s1. The molecule has 0 unspecified atom stereocenters. The van der Waals surface area contributed by atoms with Crippen LogP contribution in [0.1, 0.15) is 0 Å². The molecule has 1 aromatic rings. The van der Waals surface area contributed by atoms with Crippen LogP contribution in [-0.4, -0.2) is 0 Å². The molecule has 0 aliphatic rings. The van der Waals surface area contributed by atoms with Gasteiger partial charge in [0.25, 0.3) is 0 Å². The highest BCUT2D eigenvalue weighted by Gasteiger charge is 1.91. The molecule has 0 aliphatic heterocycles. The second-order valence-electron chi connectivity index (χ2n) is 0.969. The second-order valence-corrected chi connectivity index (χ2v) is 3.29. The van der Waals surface area contributed by atoms with Gasteiger partial charge in [-0.2, -0.15) is 4.39 Å². The third kappa shape index (κ3) is 1.24. The molecule has 3 heteroatoms. The minimum Gasteiger partial charge on any atom is -0.195 e. The molecule has 0 aliphatic carbocycles. The molecule has 7 heavy (non-hydrogen) atoms. The molecule has 1 heterocycles. The number of hydrogen-bond acceptors (Lipinski definition) is 1. The number of rotatable bonds is 0. The van der Waals surface area contributed by atoms with Gasteiger partial charge >= 0.3 is 0 Å². The van der Waals surface area contributed by atoms with Gasteiger partial charge in [0.05, 0.1) is 3.79 Å². The molecule has 0 atom stereocenters. The third-order valence-corrected chi connectivity index (χ3v) is 1.81. The fourth-order valence-electron chi connectivity index (χ4n) is 0.258. The molecule has 0 saturated carbocycles. The normalized spacial score (nSPS) is 9.43. The van der Waals surface area contributed by atoms with Gasteiger partial charge in [-0.3, -0.25) is 0 Å². The molecule has 0 aromatic carbocycles. The van der Waals surface area contributed by atoms with Gasteiger partial charge in [0, 0.05) is 6.07 Å². The predicted octanol–water partition coefficient (Wildman–Crippen LogP) is 2.45. The lowest BCUT2D eigenvalue weighted by atomic mass is 10.7. The lowest BCUT2D eigenvalue weighted by Crippen LogP contribution is -1.44. The largest absolute Gasteiger partial charge is 0.195 e. The van der Waals surface area contributed by atoms with Crippen LogP contribution in [0.25, 0.3) is 0 Å². The van der Waals surface area contributed by atoms with E-state index in [0.29, 0.717) is 3.79 Å². The van der Waals surface area contributed by atoms with Gasteiger partial charge in [0.2, 0.25) is 0 Å². The topological polar surface area (TPSA) is 0 Å². The van der Waals surface area contributed by atoms with Crippen LogP contribution in [0.4, 0.5) is 4.39 Å². The van der Waals surface area contributed by atoms with E-state index in [0.717, 1.165) is 11.3 Å². The van der Waals surface area contributed by atoms with Gasteiger partial charge < -0.3 is 0 Å². The Labute approximate surface area is 53.1 Å². The zero-order valence-corrected chi connectivity index (χ0v) is 5.64. The highest BCUT2D eigenvalue weighted by molar-refractivity contribution is 9.11. The minimum absolute atomic E-state index is 0.202. The third-order valence-electron chi connectivity index (χ3n) is 0.486. The van der Waals surface area contributed by atoms with Gasteiger partial charge in [0.1, 0.15) is 0 Å². The highest BCUT2D eigenvalue weighted by atomic mass is 79.9. The summed E-state index contributed by atoms with van der Waals surface area (Å²) in [7, 11) is 0. The zero-order chi connectivity index (χ0) is 5.28. The van der Waals surface area contributed by atoms with Crippen molar-refractivity contribution in [1.29, 1.82) is 0 Å². The van der Waals surface area contributed by atoms with Gasteiger partial charge in [-0.25, -0.2) is 0 Å². The maximum atomic E-state index is 11.9. The van der Waals surface area contributed by atoms with Crippen molar-refractivity contribution >= 4 is 27.3 Å². The first-order valence-electron chi connectivity index (χ1n) is 1.61. The lowest BCUT2D eigenvalue weighted by molar-refractivity contribution is 0.657. The Bertz CT molecular complexity index is 144. The van der Waals surface area contributed by atoms with Crippen LogP contribution >= 0.6 is 27.3 Å². The van der Waals surface area contributed by atoms with Crippen LogP contribution in [-0.2, 0) is 0 Å². The van der Waals surface area contributed by atoms with E-state index in [1.54, 1.807) is 0 Å². The summed E-state index contributed by atoms with van der Waals surface area (Å²) in [5.41, 5.74) is 0. The summed E-state index contributed by atoms with van der Waals surface area (Å²) in [5, 5.41) is -0.202. The van der Waals surface area contributed by atoms with Crippen LogP contribution in [0, 0.1) is 11.2 Å². The monoisotopic (exact) mass is 179 g/mol. The maximum absolute atomic E-state index is 11.9. The first kappa shape index (κ1) is 5.25. The summed E-state index contributed by atoms with van der Waals surface area (Å²) in [5.74, 6) is 0. The van der Waals surface area contributed by atoms with Crippen LogP contribution < -0.4 is 0 Å². The van der Waals surface area contributed by atoms with E-state index in [2.05, 4.69) is 22.0 Å². The van der Waals surface area contributed by atoms with Gasteiger partial charge in [-0.1, -0.05) is 11.3 Å².